The summed E-state index contributed by atoms with van der Waals surface area (Å²) in [6.07, 6.45) is 6.76. The largest absolute Gasteiger partial charge is 0.481 e. The van der Waals surface area contributed by atoms with E-state index >= 15 is 0 Å². The molecular weight excluding hydrogens is 609 g/mol. The van der Waals surface area contributed by atoms with E-state index in [9.17, 15) is 0 Å². The molecule has 11 rings (SSSR count). The molecule has 0 fully saturated rings. The van der Waals surface area contributed by atoms with Crippen molar-refractivity contribution in [3.63, 3.8) is 0 Å². The first-order valence-corrected chi connectivity index (χ1v) is 17.3. The number of benzene rings is 8. The molecule has 234 valence electrons. The molecule has 2 nitrogen and oxygen atoms in total. The second-order valence-corrected chi connectivity index (χ2v) is 13.5. The number of furan rings is 1. The van der Waals surface area contributed by atoms with Crippen molar-refractivity contribution in [1.29, 1.82) is 0 Å². The van der Waals surface area contributed by atoms with Gasteiger partial charge in [0.1, 0.15) is 11.7 Å². The highest BCUT2D eigenvalue weighted by Gasteiger charge is 2.36. The third-order valence-electron chi connectivity index (χ3n) is 10.8. The van der Waals surface area contributed by atoms with Gasteiger partial charge in [0.05, 0.1) is 0 Å². The summed E-state index contributed by atoms with van der Waals surface area (Å²) in [4.78, 5) is 0. The first-order chi connectivity index (χ1) is 24.8. The lowest BCUT2D eigenvalue weighted by atomic mass is 9.84. The van der Waals surface area contributed by atoms with Crippen LogP contribution in [-0.4, -0.2) is 6.10 Å². The van der Waals surface area contributed by atoms with Crippen molar-refractivity contribution >= 4 is 59.8 Å². The minimum atomic E-state index is -0.0497. The average molecular weight is 639 g/mol. The van der Waals surface area contributed by atoms with Gasteiger partial charge in [-0.25, -0.2) is 0 Å². The van der Waals surface area contributed by atoms with Crippen molar-refractivity contribution in [3.8, 4) is 28.0 Å². The highest BCUT2D eigenvalue weighted by atomic mass is 16.5. The van der Waals surface area contributed by atoms with Crippen LogP contribution in [0.25, 0.3) is 82.1 Å². The Labute approximate surface area is 289 Å². The molecule has 2 heterocycles. The normalized spacial score (nSPS) is 16.6. The summed E-state index contributed by atoms with van der Waals surface area (Å²) < 4.78 is 12.9. The summed E-state index contributed by atoms with van der Waals surface area (Å²) >= 11 is 0. The van der Waals surface area contributed by atoms with Crippen molar-refractivity contribution < 1.29 is 9.15 Å². The van der Waals surface area contributed by atoms with E-state index in [1.54, 1.807) is 0 Å². The molecule has 0 N–H and O–H groups in total. The van der Waals surface area contributed by atoms with Crippen LogP contribution in [0.1, 0.15) is 17.0 Å². The Balaban J connectivity index is 1.05. The highest BCUT2D eigenvalue weighted by molar-refractivity contribution is 6.21. The van der Waals surface area contributed by atoms with Crippen LogP contribution < -0.4 is 4.74 Å². The molecule has 2 unspecified atom stereocenters. The van der Waals surface area contributed by atoms with Gasteiger partial charge >= 0.3 is 0 Å². The van der Waals surface area contributed by atoms with E-state index in [2.05, 4.69) is 158 Å². The van der Waals surface area contributed by atoms with Crippen LogP contribution in [0.15, 0.2) is 174 Å². The van der Waals surface area contributed by atoms with Crippen molar-refractivity contribution in [2.24, 2.45) is 0 Å². The number of hydrogen-bond donors (Lipinski definition) is 0. The Morgan fingerprint density at radius 2 is 1.10 bits per heavy atom. The molecule has 9 aromatic rings. The Morgan fingerprint density at radius 3 is 1.86 bits per heavy atom. The Hall–Kier alpha value is -6.38. The van der Waals surface area contributed by atoms with Gasteiger partial charge in [0.2, 0.25) is 0 Å². The molecule has 8 aromatic carbocycles. The molecule has 0 saturated carbocycles. The lowest BCUT2D eigenvalue weighted by molar-refractivity contribution is 0.269. The minimum Gasteiger partial charge on any atom is -0.481 e. The zero-order valence-electron chi connectivity index (χ0n) is 27.1. The zero-order chi connectivity index (χ0) is 32.8. The van der Waals surface area contributed by atoms with Crippen molar-refractivity contribution in [1.82, 2.24) is 0 Å². The van der Waals surface area contributed by atoms with Crippen LogP contribution >= 0.6 is 0 Å². The number of fused-ring (bicyclic) bond motifs is 10. The van der Waals surface area contributed by atoms with E-state index in [0.29, 0.717) is 0 Å². The van der Waals surface area contributed by atoms with E-state index in [1.807, 2.05) is 12.1 Å². The fourth-order valence-electron chi connectivity index (χ4n) is 8.48. The summed E-state index contributed by atoms with van der Waals surface area (Å²) in [5.74, 6) is 0.989. The van der Waals surface area contributed by atoms with E-state index in [0.717, 1.165) is 27.7 Å². The molecule has 0 spiro atoms. The number of allylic oxidation sites excluding steroid dienone is 2. The molecule has 0 radical (unpaired) electrons. The third kappa shape index (κ3) is 4.02. The van der Waals surface area contributed by atoms with Crippen molar-refractivity contribution in [2.45, 2.75) is 12.0 Å². The van der Waals surface area contributed by atoms with Gasteiger partial charge in [-0.1, -0.05) is 140 Å². The Kier molecular flexibility index (Phi) is 5.82. The lowest BCUT2D eigenvalue weighted by Gasteiger charge is -2.20. The average Bonchev–Trinajstić information content (AvgIpc) is 3.75. The fraction of sp³-hybridized carbons (Fsp3) is 0.0417. The molecule has 2 aliphatic rings. The predicted octanol–water partition coefficient (Wildman–Crippen LogP) is 12.9. The summed E-state index contributed by atoms with van der Waals surface area (Å²) in [7, 11) is 0. The van der Waals surface area contributed by atoms with Crippen LogP contribution in [0.4, 0.5) is 0 Å². The molecule has 0 saturated heterocycles. The molecular formula is C48H30O2. The van der Waals surface area contributed by atoms with Gasteiger partial charge in [-0.3, -0.25) is 0 Å². The molecule has 1 aromatic heterocycles. The van der Waals surface area contributed by atoms with Gasteiger partial charge in [-0.05, 0) is 96.0 Å². The first kappa shape index (κ1) is 27.6. The van der Waals surface area contributed by atoms with Gasteiger partial charge in [0.25, 0.3) is 0 Å². The first-order valence-electron chi connectivity index (χ1n) is 17.3. The van der Waals surface area contributed by atoms with Gasteiger partial charge < -0.3 is 9.15 Å². The van der Waals surface area contributed by atoms with Crippen LogP contribution in [0, 0.1) is 0 Å². The molecule has 1 aliphatic heterocycles. The number of rotatable bonds is 3. The standard InChI is InChI=1S/C48H30O2/c1-2-11-30-26-34(21-20-29(30)10-1)46-38-17-5-3-15-36(38)45(37-16-4-6-18-39(37)46)33-13-9-12-31(27-33)32-22-25-44-42(28-32)41-24-23-40-35-14-7-8-19-43(35)49-47(40)48(41)50-44/h1-28,42,44H. The number of para-hydroxylation sites is 1. The topological polar surface area (TPSA) is 22.4 Å². The van der Waals surface area contributed by atoms with Crippen LogP contribution in [0.5, 0.6) is 5.75 Å². The van der Waals surface area contributed by atoms with E-state index in [-0.39, 0.29) is 12.0 Å². The molecule has 2 heteroatoms. The van der Waals surface area contributed by atoms with E-state index in [1.165, 1.54) is 71.3 Å². The second kappa shape index (κ2) is 10.6. The second-order valence-electron chi connectivity index (χ2n) is 13.5. The summed E-state index contributed by atoms with van der Waals surface area (Å²) in [6.45, 7) is 0. The maximum absolute atomic E-state index is 6.57. The summed E-state index contributed by atoms with van der Waals surface area (Å²) in [6, 6.07) is 54.9. The SMILES string of the molecule is C1=CC2Oc3c(ccc4c3oc3ccccc34)C2C=C1c1cccc(-c2c3ccccc3c(-c3ccc4ccccc4c3)c3ccccc23)c1. The van der Waals surface area contributed by atoms with E-state index in [4.69, 9.17) is 9.15 Å². The molecule has 1 aliphatic carbocycles. The van der Waals surface area contributed by atoms with Crippen molar-refractivity contribution in [3.05, 3.63) is 181 Å². The van der Waals surface area contributed by atoms with Gasteiger partial charge in [-0.15, -0.1) is 0 Å². The van der Waals surface area contributed by atoms with Crippen LogP contribution in [0.3, 0.4) is 0 Å². The maximum atomic E-state index is 6.57. The Morgan fingerprint density at radius 1 is 0.460 bits per heavy atom. The maximum Gasteiger partial charge on any atom is 0.177 e. The number of hydrogen-bond acceptors (Lipinski definition) is 2. The highest BCUT2D eigenvalue weighted by Crippen LogP contribution is 2.49. The smallest absolute Gasteiger partial charge is 0.177 e. The van der Waals surface area contributed by atoms with Gasteiger partial charge in [-0.2, -0.15) is 0 Å². The summed E-state index contributed by atoms with van der Waals surface area (Å²) in [5, 5.41) is 9.77. The Bertz CT molecular complexity index is 2860. The molecule has 0 bridgehead atoms. The molecule has 0 amide bonds. The zero-order valence-corrected chi connectivity index (χ0v) is 27.1. The predicted molar refractivity (Wildman–Crippen MR) is 208 cm³/mol. The van der Waals surface area contributed by atoms with E-state index < -0.39 is 0 Å². The van der Waals surface area contributed by atoms with Gasteiger partial charge in [0.15, 0.2) is 11.3 Å². The monoisotopic (exact) mass is 638 g/mol. The quantitative estimate of drug-likeness (QED) is 0.180. The number of ether oxygens (including phenoxy) is 1. The van der Waals surface area contributed by atoms with Crippen LogP contribution in [-0.2, 0) is 0 Å². The molecule has 2 atom stereocenters. The third-order valence-corrected chi connectivity index (χ3v) is 10.8. The van der Waals surface area contributed by atoms with Crippen molar-refractivity contribution in [2.75, 3.05) is 0 Å². The fourth-order valence-corrected chi connectivity index (χ4v) is 8.48. The molecule has 50 heavy (non-hydrogen) atoms. The van der Waals surface area contributed by atoms with Gasteiger partial charge in [0, 0.05) is 22.3 Å². The lowest BCUT2D eigenvalue weighted by Crippen LogP contribution is -2.16. The minimum absolute atomic E-state index is 0.0497. The van der Waals surface area contributed by atoms with Crippen LogP contribution in [0.2, 0.25) is 0 Å². The summed E-state index contributed by atoms with van der Waals surface area (Å²) in [5.41, 5.74) is 10.3.